The monoisotopic (exact) mass is 373 g/mol. The summed E-state index contributed by atoms with van der Waals surface area (Å²) in [7, 11) is 0. The van der Waals surface area contributed by atoms with Crippen LogP contribution in [-0.2, 0) is 0 Å². The Hall–Kier alpha value is -3.68. The van der Waals surface area contributed by atoms with Crippen molar-refractivity contribution in [1.29, 1.82) is 0 Å². The van der Waals surface area contributed by atoms with E-state index in [9.17, 15) is 4.79 Å². The van der Waals surface area contributed by atoms with Gasteiger partial charge in [0.25, 0.3) is 5.56 Å². The van der Waals surface area contributed by atoms with Crippen LogP contribution in [0.15, 0.2) is 54.1 Å². The number of hydrogen-bond acceptors (Lipinski definition) is 7. The van der Waals surface area contributed by atoms with Gasteiger partial charge in [0.1, 0.15) is 12.1 Å². The third-order valence-corrected chi connectivity index (χ3v) is 4.55. The van der Waals surface area contributed by atoms with Crippen molar-refractivity contribution < 1.29 is 0 Å². The molecule has 0 saturated heterocycles. The zero-order valence-electron chi connectivity index (χ0n) is 15.5. The topological polar surface area (TPSA) is 109 Å². The molecule has 0 aromatic carbocycles. The molecule has 8 nitrogen and oxygen atoms in total. The molecule has 4 rings (SSSR count). The summed E-state index contributed by atoms with van der Waals surface area (Å²) in [5.41, 5.74) is 4.40. The predicted octanol–water partition coefficient (Wildman–Crippen LogP) is 2.69. The lowest BCUT2D eigenvalue weighted by molar-refractivity contribution is 0.803. The van der Waals surface area contributed by atoms with Crippen molar-refractivity contribution in [1.82, 2.24) is 29.9 Å². The minimum atomic E-state index is -0.237. The summed E-state index contributed by atoms with van der Waals surface area (Å²) in [4.78, 5) is 35.9. The third kappa shape index (κ3) is 3.57. The fourth-order valence-corrected chi connectivity index (χ4v) is 2.99. The molecule has 28 heavy (non-hydrogen) atoms. The number of aryl methyl sites for hydroxylation is 1. The molecular weight excluding hydrogens is 354 g/mol. The summed E-state index contributed by atoms with van der Waals surface area (Å²) in [6, 6.07) is 7.73. The molecule has 0 aliphatic heterocycles. The number of nitrogens with zero attached hydrogens (tertiary/aromatic N) is 5. The van der Waals surface area contributed by atoms with Crippen LogP contribution in [0.2, 0.25) is 0 Å². The fraction of sp³-hybridized carbons (Fsp3) is 0.200. The van der Waals surface area contributed by atoms with Gasteiger partial charge in [-0.25, -0.2) is 19.9 Å². The van der Waals surface area contributed by atoms with Crippen molar-refractivity contribution >= 4 is 16.9 Å². The standard InChI is InChI=1S/C20H19N7O/c1-12(15-5-6-21-19-18(15)26-11-27-20(19)28)8-23-17-7-16(24-10-25-17)14-4-3-13(2)22-9-14/h3-7,9-12H,8H2,1-2H3,(H,23,24,25)(H,26,27,28)/t12-/m1/s1. The number of aromatic nitrogens is 6. The Morgan fingerprint density at radius 1 is 1.07 bits per heavy atom. The molecule has 8 heteroatoms. The van der Waals surface area contributed by atoms with Gasteiger partial charge in [-0.1, -0.05) is 6.92 Å². The van der Waals surface area contributed by atoms with E-state index in [1.165, 1.54) is 12.7 Å². The lowest BCUT2D eigenvalue weighted by atomic mass is 10.0. The number of rotatable bonds is 5. The van der Waals surface area contributed by atoms with E-state index in [4.69, 9.17) is 0 Å². The molecule has 0 unspecified atom stereocenters. The first-order valence-corrected chi connectivity index (χ1v) is 8.93. The van der Waals surface area contributed by atoms with Crippen LogP contribution in [0.1, 0.15) is 24.1 Å². The SMILES string of the molecule is Cc1ccc(-c2cc(NC[C@@H](C)c3ccnc4c(=O)[nH]cnc34)ncn2)cn1. The van der Waals surface area contributed by atoms with Crippen LogP contribution in [0.25, 0.3) is 22.3 Å². The molecule has 0 fully saturated rings. The molecule has 1 atom stereocenters. The highest BCUT2D eigenvalue weighted by Gasteiger charge is 2.13. The van der Waals surface area contributed by atoms with Gasteiger partial charge in [0.15, 0.2) is 5.52 Å². The smallest absolute Gasteiger partial charge is 0.277 e. The minimum Gasteiger partial charge on any atom is -0.369 e. The average Bonchev–Trinajstić information content (AvgIpc) is 2.73. The lowest BCUT2D eigenvalue weighted by Gasteiger charge is -2.15. The van der Waals surface area contributed by atoms with E-state index in [0.717, 1.165) is 28.3 Å². The van der Waals surface area contributed by atoms with Crippen molar-refractivity contribution in [3.8, 4) is 11.3 Å². The lowest BCUT2D eigenvalue weighted by Crippen LogP contribution is -2.14. The van der Waals surface area contributed by atoms with Gasteiger partial charge in [-0.3, -0.25) is 9.78 Å². The van der Waals surface area contributed by atoms with E-state index in [0.29, 0.717) is 17.6 Å². The predicted molar refractivity (Wildman–Crippen MR) is 107 cm³/mol. The average molecular weight is 373 g/mol. The van der Waals surface area contributed by atoms with Gasteiger partial charge in [-0.15, -0.1) is 0 Å². The highest BCUT2D eigenvalue weighted by Crippen LogP contribution is 2.22. The number of fused-ring (bicyclic) bond motifs is 1. The minimum absolute atomic E-state index is 0.0965. The van der Waals surface area contributed by atoms with Gasteiger partial charge >= 0.3 is 0 Å². The highest BCUT2D eigenvalue weighted by molar-refractivity contribution is 5.76. The first kappa shape index (κ1) is 17.7. The summed E-state index contributed by atoms with van der Waals surface area (Å²) < 4.78 is 0. The first-order valence-electron chi connectivity index (χ1n) is 8.93. The Labute approximate surface area is 161 Å². The van der Waals surface area contributed by atoms with Crippen molar-refractivity contribution in [2.45, 2.75) is 19.8 Å². The molecule has 0 aliphatic carbocycles. The number of hydrogen-bond donors (Lipinski definition) is 2. The molecule has 4 heterocycles. The van der Waals surface area contributed by atoms with Gasteiger partial charge < -0.3 is 10.3 Å². The Bertz CT molecular complexity index is 1170. The van der Waals surface area contributed by atoms with E-state index in [-0.39, 0.29) is 11.5 Å². The summed E-state index contributed by atoms with van der Waals surface area (Å²) in [6.07, 6.45) is 6.38. The van der Waals surface area contributed by atoms with E-state index in [1.807, 2.05) is 31.2 Å². The normalized spacial score (nSPS) is 12.1. The summed E-state index contributed by atoms with van der Waals surface area (Å²) in [6.45, 7) is 4.64. The maximum Gasteiger partial charge on any atom is 0.277 e. The van der Waals surface area contributed by atoms with Crippen molar-refractivity contribution in [2.75, 3.05) is 11.9 Å². The molecular formula is C20H19N7O. The molecule has 4 aromatic rings. The van der Waals surface area contributed by atoms with Gasteiger partial charge in [0, 0.05) is 42.2 Å². The van der Waals surface area contributed by atoms with Crippen molar-refractivity contribution in [2.24, 2.45) is 0 Å². The Kier molecular flexibility index (Phi) is 4.76. The fourth-order valence-electron chi connectivity index (χ4n) is 2.99. The maximum atomic E-state index is 11.9. The van der Waals surface area contributed by atoms with Crippen molar-refractivity contribution in [3.63, 3.8) is 0 Å². The molecule has 4 aromatic heterocycles. The van der Waals surface area contributed by atoms with E-state index in [2.05, 4.69) is 42.1 Å². The molecule has 0 amide bonds. The first-order chi connectivity index (χ1) is 13.6. The molecule has 0 saturated carbocycles. The number of H-pyrrole nitrogens is 1. The maximum absolute atomic E-state index is 11.9. The van der Waals surface area contributed by atoms with Crippen LogP contribution in [0.5, 0.6) is 0 Å². The van der Waals surface area contributed by atoms with E-state index in [1.54, 1.807) is 12.4 Å². The van der Waals surface area contributed by atoms with Crippen LogP contribution in [0, 0.1) is 6.92 Å². The summed E-state index contributed by atoms with van der Waals surface area (Å²) >= 11 is 0. The Morgan fingerprint density at radius 3 is 2.79 bits per heavy atom. The number of nitrogens with one attached hydrogen (secondary N) is 2. The largest absolute Gasteiger partial charge is 0.369 e. The van der Waals surface area contributed by atoms with Crippen LogP contribution < -0.4 is 10.9 Å². The number of anilines is 1. The molecule has 140 valence electrons. The Morgan fingerprint density at radius 2 is 1.96 bits per heavy atom. The van der Waals surface area contributed by atoms with Gasteiger partial charge in [-0.2, -0.15) is 0 Å². The van der Waals surface area contributed by atoms with E-state index >= 15 is 0 Å². The molecule has 0 aliphatic rings. The summed E-state index contributed by atoms with van der Waals surface area (Å²) in [5.74, 6) is 0.820. The third-order valence-electron chi connectivity index (χ3n) is 4.55. The molecule has 2 N–H and O–H groups in total. The quantitative estimate of drug-likeness (QED) is 0.553. The zero-order valence-corrected chi connectivity index (χ0v) is 15.5. The van der Waals surface area contributed by atoms with Crippen LogP contribution in [0.4, 0.5) is 5.82 Å². The molecule has 0 bridgehead atoms. The molecule has 0 radical (unpaired) electrons. The van der Waals surface area contributed by atoms with Gasteiger partial charge in [-0.05, 0) is 30.7 Å². The van der Waals surface area contributed by atoms with Crippen LogP contribution in [-0.4, -0.2) is 36.4 Å². The van der Waals surface area contributed by atoms with Crippen LogP contribution >= 0.6 is 0 Å². The highest BCUT2D eigenvalue weighted by atomic mass is 16.1. The Balaban J connectivity index is 1.54. The zero-order chi connectivity index (χ0) is 19.5. The second-order valence-electron chi connectivity index (χ2n) is 6.59. The summed E-state index contributed by atoms with van der Waals surface area (Å²) in [5, 5.41) is 3.34. The molecule has 0 spiro atoms. The second kappa shape index (κ2) is 7.51. The van der Waals surface area contributed by atoms with Gasteiger partial charge in [0.2, 0.25) is 0 Å². The second-order valence-corrected chi connectivity index (χ2v) is 6.59. The van der Waals surface area contributed by atoms with Crippen molar-refractivity contribution in [3.05, 3.63) is 70.9 Å². The van der Waals surface area contributed by atoms with Gasteiger partial charge in [0.05, 0.1) is 17.5 Å². The van der Waals surface area contributed by atoms with E-state index < -0.39 is 0 Å². The number of aromatic amines is 1. The number of pyridine rings is 2. The van der Waals surface area contributed by atoms with Crippen LogP contribution in [0.3, 0.4) is 0 Å².